The van der Waals surface area contributed by atoms with Crippen LogP contribution < -0.4 is 11.1 Å². The summed E-state index contributed by atoms with van der Waals surface area (Å²) in [5, 5.41) is 10.1. The first-order valence-corrected chi connectivity index (χ1v) is 6.53. The number of amidine groups is 1. The summed E-state index contributed by atoms with van der Waals surface area (Å²) in [7, 11) is 0. The summed E-state index contributed by atoms with van der Waals surface area (Å²) < 4.78 is 0. The first-order chi connectivity index (χ1) is 9.25. The van der Waals surface area contributed by atoms with Gasteiger partial charge in [0, 0.05) is 16.6 Å². The molecule has 0 saturated carbocycles. The van der Waals surface area contributed by atoms with Crippen LogP contribution in [-0.2, 0) is 9.63 Å². The zero-order valence-corrected chi connectivity index (χ0v) is 10.9. The number of rotatable bonds is 5. The summed E-state index contributed by atoms with van der Waals surface area (Å²) in [6.45, 7) is -0.181. The van der Waals surface area contributed by atoms with Crippen LogP contribution in [0.5, 0.6) is 0 Å². The predicted molar refractivity (Wildman–Crippen MR) is 76.1 cm³/mol. The highest BCUT2D eigenvalue weighted by Crippen LogP contribution is 2.06. The fraction of sp³-hybridized carbons (Fsp3) is 0.0769. The summed E-state index contributed by atoms with van der Waals surface area (Å²) in [4.78, 5) is 16.4. The van der Waals surface area contributed by atoms with Crippen LogP contribution in [0.25, 0.3) is 0 Å². The minimum Gasteiger partial charge on any atom is -0.384 e. The van der Waals surface area contributed by atoms with Gasteiger partial charge in [0.15, 0.2) is 12.4 Å². The highest BCUT2D eigenvalue weighted by atomic mass is 32.1. The second kappa shape index (κ2) is 6.55. The van der Waals surface area contributed by atoms with Crippen molar-refractivity contribution in [3.63, 3.8) is 0 Å². The van der Waals surface area contributed by atoms with Crippen LogP contribution in [0.2, 0.25) is 0 Å². The number of hydrogen-bond donors (Lipinski definition) is 2. The Hall–Kier alpha value is -2.34. The normalized spacial score (nSPS) is 11.1. The van der Waals surface area contributed by atoms with Gasteiger partial charge in [0.2, 0.25) is 0 Å². The molecule has 2 aromatic rings. The Morgan fingerprint density at radius 3 is 2.79 bits per heavy atom. The molecule has 0 spiro atoms. The van der Waals surface area contributed by atoms with Gasteiger partial charge in [0.25, 0.3) is 5.91 Å². The zero-order valence-electron chi connectivity index (χ0n) is 10.1. The monoisotopic (exact) mass is 275 g/mol. The molecule has 0 aliphatic carbocycles. The molecule has 0 unspecified atom stereocenters. The van der Waals surface area contributed by atoms with Crippen LogP contribution in [0.1, 0.15) is 5.56 Å². The van der Waals surface area contributed by atoms with Crippen molar-refractivity contribution < 1.29 is 9.63 Å². The fourth-order valence-electron chi connectivity index (χ4n) is 1.34. The molecule has 0 aliphatic rings. The molecule has 19 heavy (non-hydrogen) atoms. The number of nitrogens with one attached hydrogen (secondary N) is 1. The molecule has 5 nitrogen and oxygen atoms in total. The number of carbonyl (C=O) groups excluding carboxylic acids is 1. The van der Waals surface area contributed by atoms with E-state index in [-0.39, 0.29) is 18.3 Å². The van der Waals surface area contributed by atoms with Gasteiger partial charge in [-0.15, -0.1) is 0 Å². The van der Waals surface area contributed by atoms with Gasteiger partial charge in [0.05, 0.1) is 0 Å². The van der Waals surface area contributed by atoms with Crippen molar-refractivity contribution >= 4 is 28.8 Å². The van der Waals surface area contributed by atoms with Gasteiger partial charge < -0.3 is 15.9 Å². The Bertz CT molecular complexity index is 553. The lowest BCUT2D eigenvalue weighted by Crippen LogP contribution is -2.19. The number of hydrogen-bond acceptors (Lipinski definition) is 4. The number of amides is 1. The lowest BCUT2D eigenvalue weighted by molar-refractivity contribution is -0.120. The van der Waals surface area contributed by atoms with E-state index in [2.05, 4.69) is 10.5 Å². The first kappa shape index (κ1) is 13.1. The first-order valence-electron chi connectivity index (χ1n) is 5.58. The quantitative estimate of drug-likeness (QED) is 0.498. The maximum Gasteiger partial charge on any atom is 0.265 e. The van der Waals surface area contributed by atoms with Crippen molar-refractivity contribution in [3.8, 4) is 0 Å². The van der Waals surface area contributed by atoms with E-state index in [0.29, 0.717) is 5.69 Å². The standard InChI is InChI=1S/C13H13N3O2S/c14-13(10-6-7-19-9-10)16-18-8-12(17)15-11-4-2-1-3-5-11/h1-7,9H,8H2,(H2,14,16)(H,15,17). The molecular formula is C13H13N3O2S. The van der Waals surface area contributed by atoms with Crippen LogP contribution in [0.3, 0.4) is 0 Å². The fourth-order valence-corrected chi connectivity index (χ4v) is 1.99. The largest absolute Gasteiger partial charge is 0.384 e. The topological polar surface area (TPSA) is 76.7 Å². The Kier molecular flexibility index (Phi) is 4.52. The van der Waals surface area contributed by atoms with Gasteiger partial charge in [-0.25, -0.2) is 0 Å². The number of carbonyl (C=O) groups is 1. The van der Waals surface area contributed by atoms with Gasteiger partial charge >= 0.3 is 0 Å². The third-order valence-electron chi connectivity index (χ3n) is 2.23. The third-order valence-corrected chi connectivity index (χ3v) is 2.92. The van der Waals surface area contributed by atoms with Crippen LogP contribution in [0, 0.1) is 0 Å². The van der Waals surface area contributed by atoms with Crippen LogP contribution in [-0.4, -0.2) is 18.3 Å². The number of thiophene rings is 1. The summed E-state index contributed by atoms with van der Waals surface area (Å²) >= 11 is 1.51. The van der Waals surface area contributed by atoms with Crippen molar-refractivity contribution in [2.75, 3.05) is 11.9 Å². The van der Waals surface area contributed by atoms with Gasteiger partial charge in [-0.2, -0.15) is 11.3 Å². The summed E-state index contributed by atoms with van der Waals surface area (Å²) in [6.07, 6.45) is 0. The molecule has 0 saturated heterocycles. The zero-order chi connectivity index (χ0) is 13.5. The van der Waals surface area contributed by atoms with Gasteiger partial charge in [-0.05, 0) is 23.6 Å². The van der Waals surface area contributed by atoms with E-state index in [1.54, 1.807) is 12.1 Å². The number of para-hydroxylation sites is 1. The minimum atomic E-state index is -0.284. The highest BCUT2D eigenvalue weighted by molar-refractivity contribution is 7.08. The average molecular weight is 275 g/mol. The van der Waals surface area contributed by atoms with E-state index in [1.807, 2.05) is 35.0 Å². The van der Waals surface area contributed by atoms with Gasteiger partial charge in [-0.1, -0.05) is 23.4 Å². The Balaban J connectivity index is 1.80. The molecule has 0 aliphatic heterocycles. The Morgan fingerprint density at radius 1 is 1.32 bits per heavy atom. The predicted octanol–water partition coefficient (Wildman–Crippen LogP) is 2.02. The molecule has 1 aromatic heterocycles. The van der Waals surface area contributed by atoms with Gasteiger partial charge in [-0.3, -0.25) is 4.79 Å². The Morgan fingerprint density at radius 2 is 2.11 bits per heavy atom. The van der Waals surface area contributed by atoms with Crippen molar-refractivity contribution in [2.45, 2.75) is 0 Å². The lowest BCUT2D eigenvalue weighted by Gasteiger charge is -2.04. The Labute approximate surface area is 114 Å². The van der Waals surface area contributed by atoms with E-state index >= 15 is 0 Å². The molecule has 0 fully saturated rings. The highest BCUT2D eigenvalue weighted by Gasteiger charge is 2.03. The number of nitrogens with two attached hydrogens (primary N) is 1. The lowest BCUT2D eigenvalue weighted by atomic mass is 10.3. The molecular weight excluding hydrogens is 262 g/mol. The number of anilines is 1. The molecule has 3 N–H and O–H groups in total. The van der Waals surface area contributed by atoms with E-state index < -0.39 is 0 Å². The molecule has 0 atom stereocenters. The molecule has 2 rings (SSSR count). The smallest absolute Gasteiger partial charge is 0.265 e. The maximum atomic E-state index is 11.5. The SMILES string of the molecule is N/C(=N\OCC(=O)Nc1ccccc1)c1ccsc1. The van der Waals surface area contributed by atoms with Crippen LogP contribution in [0.15, 0.2) is 52.3 Å². The molecule has 6 heteroatoms. The van der Waals surface area contributed by atoms with E-state index in [9.17, 15) is 4.79 Å². The number of benzene rings is 1. The van der Waals surface area contributed by atoms with Crippen LogP contribution >= 0.6 is 11.3 Å². The molecule has 0 radical (unpaired) electrons. The molecule has 0 bridgehead atoms. The number of oxime groups is 1. The summed E-state index contributed by atoms with van der Waals surface area (Å²) in [6, 6.07) is 11.0. The molecule has 1 heterocycles. The third kappa shape index (κ3) is 4.11. The minimum absolute atomic E-state index is 0.181. The van der Waals surface area contributed by atoms with Crippen molar-refractivity contribution in [1.82, 2.24) is 0 Å². The van der Waals surface area contributed by atoms with E-state index in [1.165, 1.54) is 11.3 Å². The second-order valence-electron chi connectivity index (χ2n) is 3.68. The van der Waals surface area contributed by atoms with E-state index in [4.69, 9.17) is 10.6 Å². The van der Waals surface area contributed by atoms with Crippen LogP contribution in [0.4, 0.5) is 5.69 Å². The molecule has 1 aromatic carbocycles. The van der Waals surface area contributed by atoms with Crippen molar-refractivity contribution in [1.29, 1.82) is 0 Å². The van der Waals surface area contributed by atoms with Crippen molar-refractivity contribution in [2.24, 2.45) is 10.9 Å². The maximum absolute atomic E-state index is 11.5. The molecule has 1 amide bonds. The molecule has 98 valence electrons. The average Bonchev–Trinajstić information content (AvgIpc) is 2.93. The second-order valence-corrected chi connectivity index (χ2v) is 4.46. The van der Waals surface area contributed by atoms with Crippen molar-refractivity contribution in [3.05, 3.63) is 52.7 Å². The van der Waals surface area contributed by atoms with Gasteiger partial charge in [0.1, 0.15) is 0 Å². The summed E-state index contributed by atoms with van der Waals surface area (Å²) in [5.74, 6) is -0.0261. The number of nitrogens with zero attached hydrogens (tertiary/aromatic N) is 1. The summed E-state index contributed by atoms with van der Waals surface area (Å²) in [5.41, 5.74) is 7.18. The van der Waals surface area contributed by atoms with E-state index in [0.717, 1.165) is 5.56 Å².